The van der Waals surface area contributed by atoms with Crippen LogP contribution in [0.2, 0.25) is 0 Å². The molecule has 1 atom stereocenters. The van der Waals surface area contributed by atoms with E-state index in [2.05, 4.69) is 43.5 Å². The normalized spacial score (nSPS) is 20.1. The lowest BCUT2D eigenvalue weighted by atomic mass is 10.1. The molecule has 0 radical (unpaired) electrons. The van der Waals surface area contributed by atoms with Gasteiger partial charge in [-0.2, -0.15) is 0 Å². The molecule has 0 aliphatic heterocycles. The van der Waals surface area contributed by atoms with E-state index in [-0.39, 0.29) is 0 Å². The van der Waals surface area contributed by atoms with Crippen molar-refractivity contribution in [3.8, 4) is 0 Å². The summed E-state index contributed by atoms with van der Waals surface area (Å²) in [7, 11) is 4.35. The van der Waals surface area contributed by atoms with Crippen LogP contribution in [0.5, 0.6) is 0 Å². The first-order valence-corrected chi connectivity index (χ1v) is 6.25. The van der Waals surface area contributed by atoms with Gasteiger partial charge in [-0.25, -0.2) is 0 Å². The van der Waals surface area contributed by atoms with Gasteiger partial charge >= 0.3 is 0 Å². The topological polar surface area (TPSA) is 3.24 Å². The fourth-order valence-corrected chi connectivity index (χ4v) is 2.53. The molecule has 2 heteroatoms. The van der Waals surface area contributed by atoms with Crippen molar-refractivity contribution in [2.75, 3.05) is 20.4 Å². The Labute approximate surface area is 90.5 Å². The third kappa shape index (κ3) is 1.82. The molecule has 0 amide bonds. The maximum absolute atomic E-state index is 2.35. The van der Waals surface area contributed by atoms with E-state index in [4.69, 9.17) is 0 Å². The SMILES string of the molecule is CSc1ccc2c(c1)CC(N(C)C)C2. The zero-order valence-electron chi connectivity index (χ0n) is 9.08. The predicted molar refractivity (Wildman–Crippen MR) is 63.1 cm³/mol. The summed E-state index contributed by atoms with van der Waals surface area (Å²) in [4.78, 5) is 3.72. The van der Waals surface area contributed by atoms with Crippen LogP contribution < -0.4 is 0 Å². The van der Waals surface area contributed by atoms with E-state index >= 15 is 0 Å². The van der Waals surface area contributed by atoms with Crippen LogP contribution in [0, 0.1) is 0 Å². The first-order valence-electron chi connectivity index (χ1n) is 5.03. The highest BCUT2D eigenvalue weighted by Gasteiger charge is 2.22. The molecule has 1 aliphatic carbocycles. The summed E-state index contributed by atoms with van der Waals surface area (Å²) in [5.41, 5.74) is 3.09. The van der Waals surface area contributed by atoms with E-state index < -0.39 is 0 Å². The van der Waals surface area contributed by atoms with Gasteiger partial charge < -0.3 is 4.90 Å². The van der Waals surface area contributed by atoms with Crippen LogP contribution in [0.3, 0.4) is 0 Å². The molecule has 0 N–H and O–H groups in total. The van der Waals surface area contributed by atoms with Gasteiger partial charge in [0, 0.05) is 10.9 Å². The highest BCUT2D eigenvalue weighted by atomic mass is 32.2. The van der Waals surface area contributed by atoms with Crippen LogP contribution in [0.25, 0.3) is 0 Å². The van der Waals surface area contributed by atoms with Crippen molar-refractivity contribution >= 4 is 11.8 Å². The summed E-state index contributed by atoms with van der Waals surface area (Å²) in [5, 5.41) is 0. The molecule has 1 aliphatic rings. The second-order valence-electron chi connectivity index (χ2n) is 4.16. The first kappa shape index (κ1) is 10.1. The molecule has 1 aromatic carbocycles. The summed E-state index contributed by atoms with van der Waals surface area (Å²) in [6.07, 6.45) is 4.58. The number of rotatable bonds is 2. The largest absolute Gasteiger partial charge is 0.306 e. The van der Waals surface area contributed by atoms with E-state index in [1.54, 1.807) is 11.1 Å². The van der Waals surface area contributed by atoms with E-state index in [1.165, 1.54) is 17.7 Å². The molecule has 76 valence electrons. The third-order valence-electron chi connectivity index (χ3n) is 3.05. The standard InChI is InChI=1S/C12H17NS/c1-13(2)11-6-9-4-5-12(14-3)8-10(9)7-11/h4-5,8,11H,6-7H2,1-3H3. The lowest BCUT2D eigenvalue weighted by molar-refractivity contribution is 0.303. The maximum Gasteiger partial charge on any atom is 0.0170 e. The van der Waals surface area contributed by atoms with Crippen molar-refractivity contribution in [1.29, 1.82) is 0 Å². The number of hydrogen-bond donors (Lipinski definition) is 0. The van der Waals surface area contributed by atoms with Crippen LogP contribution in [0.1, 0.15) is 11.1 Å². The van der Waals surface area contributed by atoms with Gasteiger partial charge in [-0.1, -0.05) is 6.07 Å². The predicted octanol–water partition coefficient (Wildman–Crippen LogP) is 2.44. The first-order chi connectivity index (χ1) is 6.70. The Balaban J connectivity index is 2.22. The number of nitrogens with zero attached hydrogens (tertiary/aromatic N) is 1. The Morgan fingerprint density at radius 3 is 2.57 bits per heavy atom. The van der Waals surface area contributed by atoms with Crippen molar-refractivity contribution in [2.24, 2.45) is 0 Å². The monoisotopic (exact) mass is 207 g/mol. The Bertz CT molecular complexity index is 333. The van der Waals surface area contributed by atoms with E-state index in [1.807, 2.05) is 11.8 Å². The van der Waals surface area contributed by atoms with E-state index in [0.717, 1.165) is 0 Å². The average Bonchev–Trinajstić information content (AvgIpc) is 2.59. The molecule has 1 unspecified atom stereocenters. The van der Waals surface area contributed by atoms with E-state index in [0.29, 0.717) is 6.04 Å². The van der Waals surface area contributed by atoms with Gasteiger partial charge in [-0.05, 0) is 56.5 Å². The smallest absolute Gasteiger partial charge is 0.0170 e. The lowest BCUT2D eigenvalue weighted by Crippen LogP contribution is -2.27. The second-order valence-corrected chi connectivity index (χ2v) is 5.04. The van der Waals surface area contributed by atoms with Gasteiger partial charge in [0.15, 0.2) is 0 Å². The van der Waals surface area contributed by atoms with Gasteiger partial charge in [-0.15, -0.1) is 11.8 Å². The number of benzene rings is 1. The van der Waals surface area contributed by atoms with Crippen molar-refractivity contribution in [3.05, 3.63) is 29.3 Å². The Morgan fingerprint density at radius 2 is 1.93 bits per heavy atom. The second kappa shape index (κ2) is 3.95. The molecule has 0 aromatic heterocycles. The third-order valence-corrected chi connectivity index (χ3v) is 3.78. The van der Waals surface area contributed by atoms with Crippen LogP contribution in [-0.4, -0.2) is 31.3 Å². The van der Waals surface area contributed by atoms with Crippen molar-refractivity contribution in [3.63, 3.8) is 0 Å². The number of thioether (sulfide) groups is 1. The Hall–Kier alpha value is -0.470. The molecular formula is C12H17NS. The number of likely N-dealkylation sites (N-methyl/N-ethyl adjacent to an activating group) is 1. The molecule has 1 aromatic rings. The van der Waals surface area contributed by atoms with Crippen LogP contribution in [0.15, 0.2) is 23.1 Å². The van der Waals surface area contributed by atoms with Gasteiger partial charge in [0.05, 0.1) is 0 Å². The summed E-state index contributed by atoms with van der Waals surface area (Å²) in [6.45, 7) is 0. The van der Waals surface area contributed by atoms with Gasteiger partial charge in [-0.3, -0.25) is 0 Å². The van der Waals surface area contributed by atoms with Crippen molar-refractivity contribution < 1.29 is 0 Å². The summed E-state index contributed by atoms with van der Waals surface area (Å²) in [5.74, 6) is 0. The van der Waals surface area contributed by atoms with Gasteiger partial charge in [0.2, 0.25) is 0 Å². The highest BCUT2D eigenvalue weighted by molar-refractivity contribution is 7.98. The molecule has 0 bridgehead atoms. The minimum atomic E-state index is 0.710. The minimum absolute atomic E-state index is 0.710. The molecular weight excluding hydrogens is 190 g/mol. The molecule has 0 fully saturated rings. The quantitative estimate of drug-likeness (QED) is 0.685. The molecule has 0 heterocycles. The Morgan fingerprint density at radius 1 is 1.21 bits per heavy atom. The molecule has 0 saturated heterocycles. The Kier molecular flexibility index (Phi) is 2.84. The molecule has 0 saturated carbocycles. The summed E-state index contributed by atoms with van der Waals surface area (Å²) < 4.78 is 0. The average molecular weight is 207 g/mol. The van der Waals surface area contributed by atoms with Gasteiger partial charge in [0.25, 0.3) is 0 Å². The minimum Gasteiger partial charge on any atom is -0.306 e. The van der Waals surface area contributed by atoms with Crippen molar-refractivity contribution in [2.45, 2.75) is 23.8 Å². The fourth-order valence-electron chi connectivity index (χ4n) is 2.06. The zero-order valence-corrected chi connectivity index (χ0v) is 9.90. The van der Waals surface area contributed by atoms with Crippen LogP contribution in [-0.2, 0) is 12.8 Å². The number of fused-ring (bicyclic) bond motifs is 1. The zero-order chi connectivity index (χ0) is 10.1. The fraction of sp³-hybridized carbons (Fsp3) is 0.500. The molecule has 1 nitrogen and oxygen atoms in total. The van der Waals surface area contributed by atoms with Gasteiger partial charge in [0.1, 0.15) is 0 Å². The lowest BCUT2D eigenvalue weighted by Gasteiger charge is -2.17. The molecule has 0 spiro atoms. The summed E-state index contributed by atoms with van der Waals surface area (Å²) in [6, 6.07) is 7.59. The van der Waals surface area contributed by atoms with Crippen LogP contribution in [0.4, 0.5) is 0 Å². The summed E-state index contributed by atoms with van der Waals surface area (Å²) >= 11 is 1.83. The van der Waals surface area contributed by atoms with E-state index in [9.17, 15) is 0 Å². The highest BCUT2D eigenvalue weighted by Crippen LogP contribution is 2.28. The maximum atomic E-state index is 2.35. The molecule has 2 rings (SSSR count). The number of hydrogen-bond acceptors (Lipinski definition) is 2. The van der Waals surface area contributed by atoms with Crippen molar-refractivity contribution in [1.82, 2.24) is 4.90 Å². The molecule has 14 heavy (non-hydrogen) atoms. The van der Waals surface area contributed by atoms with Crippen LogP contribution >= 0.6 is 11.8 Å².